The van der Waals surface area contributed by atoms with Gasteiger partial charge in [0, 0.05) is 25.6 Å². The molecule has 3 N–H and O–H groups in total. The number of nitrogens with two attached hydrogens (primary N) is 1. The molecule has 18 heavy (non-hydrogen) atoms. The van der Waals surface area contributed by atoms with Crippen molar-refractivity contribution in [1.82, 2.24) is 10.2 Å². The van der Waals surface area contributed by atoms with Gasteiger partial charge in [-0.3, -0.25) is 4.79 Å². The molecule has 2 heterocycles. The average molecular weight is 257 g/mol. The largest absolute Gasteiger partial charge is 0.369 e. The van der Waals surface area contributed by atoms with Crippen LogP contribution in [0, 0.1) is 11.8 Å². The van der Waals surface area contributed by atoms with E-state index in [1.807, 2.05) is 27.7 Å². The molecule has 2 aliphatic heterocycles. The topological polar surface area (TPSA) is 58.4 Å². The molecular formula is C14H31N3O. The highest BCUT2D eigenvalue weighted by molar-refractivity contribution is 5.76. The molecule has 0 bridgehead atoms. The van der Waals surface area contributed by atoms with Gasteiger partial charge < -0.3 is 16.0 Å². The van der Waals surface area contributed by atoms with Gasteiger partial charge in [-0.25, -0.2) is 0 Å². The molecular weight excluding hydrogens is 226 g/mol. The van der Waals surface area contributed by atoms with E-state index in [9.17, 15) is 4.79 Å². The van der Waals surface area contributed by atoms with Gasteiger partial charge in [-0.15, -0.1) is 0 Å². The molecule has 0 aliphatic carbocycles. The van der Waals surface area contributed by atoms with E-state index >= 15 is 0 Å². The summed E-state index contributed by atoms with van der Waals surface area (Å²) < 4.78 is 0. The van der Waals surface area contributed by atoms with Crippen molar-refractivity contribution in [1.29, 1.82) is 0 Å². The summed E-state index contributed by atoms with van der Waals surface area (Å²) in [5.41, 5.74) is 5.28. The lowest BCUT2D eigenvalue weighted by molar-refractivity contribution is -0.123. The molecule has 0 unspecified atom stereocenters. The van der Waals surface area contributed by atoms with Crippen LogP contribution in [0.4, 0.5) is 0 Å². The van der Waals surface area contributed by atoms with Crippen molar-refractivity contribution in [2.24, 2.45) is 17.6 Å². The molecule has 0 atom stereocenters. The third-order valence-electron chi connectivity index (χ3n) is 3.37. The van der Waals surface area contributed by atoms with Crippen LogP contribution in [-0.2, 0) is 4.79 Å². The number of likely N-dealkylation sites (tertiary alicyclic amines) is 1. The zero-order valence-electron chi connectivity index (χ0n) is 12.5. The van der Waals surface area contributed by atoms with Gasteiger partial charge in [0.05, 0.1) is 0 Å². The van der Waals surface area contributed by atoms with Crippen molar-refractivity contribution in [3.63, 3.8) is 0 Å². The van der Waals surface area contributed by atoms with Crippen molar-refractivity contribution in [2.75, 3.05) is 32.7 Å². The molecule has 0 aromatic carbocycles. The van der Waals surface area contributed by atoms with Crippen molar-refractivity contribution in [2.45, 2.75) is 40.5 Å². The summed E-state index contributed by atoms with van der Waals surface area (Å²) in [5, 5.41) is 3.28. The molecule has 1 amide bonds. The molecule has 0 saturated carbocycles. The number of nitrogens with zero attached hydrogens (tertiary/aromatic N) is 1. The number of hydrogen-bond donors (Lipinski definition) is 2. The molecule has 2 fully saturated rings. The van der Waals surface area contributed by atoms with Crippen LogP contribution in [0.2, 0.25) is 0 Å². The van der Waals surface area contributed by atoms with Gasteiger partial charge in [-0.05, 0) is 31.8 Å². The Morgan fingerprint density at radius 3 is 2.00 bits per heavy atom. The minimum atomic E-state index is -0.116. The van der Waals surface area contributed by atoms with E-state index in [0.29, 0.717) is 0 Å². The zero-order valence-corrected chi connectivity index (χ0v) is 12.5. The normalized spacial score (nSPS) is 20.9. The number of nitrogens with one attached hydrogen (secondary N) is 1. The first-order chi connectivity index (χ1) is 8.75. The van der Waals surface area contributed by atoms with E-state index in [2.05, 4.69) is 10.2 Å². The number of primary amides is 1. The Morgan fingerprint density at radius 1 is 1.17 bits per heavy atom. The van der Waals surface area contributed by atoms with Crippen LogP contribution in [0.1, 0.15) is 40.5 Å². The second-order valence-electron chi connectivity index (χ2n) is 4.50. The molecule has 0 spiro atoms. The highest BCUT2D eigenvalue weighted by atomic mass is 16.1. The molecule has 108 valence electrons. The molecule has 2 rings (SSSR count). The summed E-state index contributed by atoms with van der Waals surface area (Å²) in [5.74, 6) is 0.848. The van der Waals surface area contributed by atoms with E-state index in [0.717, 1.165) is 44.9 Å². The SMILES string of the molecule is CC.CC.NC(=O)C1CCN(CC2CNC2)CC1. The van der Waals surface area contributed by atoms with Gasteiger partial charge in [0.15, 0.2) is 0 Å². The summed E-state index contributed by atoms with van der Waals surface area (Å²) in [6.07, 6.45) is 1.91. The maximum atomic E-state index is 10.9. The standard InChI is InChI=1S/C10H19N3O.2C2H6/c11-10(14)9-1-3-13(4-2-9)7-8-5-12-6-8;2*1-2/h8-9,12H,1-7H2,(H2,11,14);2*1-2H3. The minimum absolute atomic E-state index is 0.116. The Balaban J connectivity index is 0.000000659. The molecule has 2 aliphatic rings. The summed E-state index contributed by atoms with van der Waals surface area (Å²) >= 11 is 0. The Bertz CT molecular complexity index is 209. The van der Waals surface area contributed by atoms with E-state index in [1.54, 1.807) is 0 Å². The van der Waals surface area contributed by atoms with Gasteiger partial charge in [0.1, 0.15) is 0 Å². The lowest BCUT2D eigenvalue weighted by Gasteiger charge is -2.36. The summed E-state index contributed by atoms with van der Waals surface area (Å²) in [6, 6.07) is 0. The first kappa shape index (κ1) is 17.4. The van der Waals surface area contributed by atoms with Gasteiger partial charge in [0.25, 0.3) is 0 Å². The minimum Gasteiger partial charge on any atom is -0.369 e. The Kier molecular flexibility index (Phi) is 9.98. The summed E-state index contributed by atoms with van der Waals surface area (Å²) in [7, 11) is 0. The van der Waals surface area contributed by atoms with Crippen LogP contribution >= 0.6 is 0 Å². The average Bonchev–Trinajstić information content (AvgIpc) is 2.39. The van der Waals surface area contributed by atoms with Crippen molar-refractivity contribution in [3.8, 4) is 0 Å². The smallest absolute Gasteiger partial charge is 0.220 e. The van der Waals surface area contributed by atoms with Gasteiger partial charge in [-0.2, -0.15) is 0 Å². The van der Waals surface area contributed by atoms with Crippen LogP contribution in [0.15, 0.2) is 0 Å². The van der Waals surface area contributed by atoms with E-state index in [-0.39, 0.29) is 11.8 Å². The maximum Gasteiger partial charge on any atom is 0.220 e. The fraction of sp³-hybridized carbons (Fsp3) is 0.929. The molecule has 0 aromatic rings. The molecule has 4 heteroatoms. The predicted octanol–water partition coefficient (Wildman–Crippen LogP) is 1.46. The highest BCUT2D eigenvalue weighted by Crippen LogP contribution is 2.18. The summed E-state index contributed by atoms with van der Waals surface area (Å²) in [4.78, 5) is 13.4. The van der Waals surface area contributed by atoms with Crippen LogP contribution in [-0.4, -0.2) is 43.5 Å². The number of rotatable bonds is 3. The van der Waals surface area contributed by atoms with Crippen LogP contribution < -0.4 is 11.1 Å². The Morgan fingerprint density at radius 2 is 1.67 bits per heavy atom. The number of amides is 1. The Labute approximate surface area is 112 Å². The fourth-order valence-corrected chi connectivity index (χ4v) is 2.24. The van der Waals surface area contributed by atoms with E-state index in [4.69, 9.17) is 5.73 Å². The molecule has 0 aromatic heterocycles. The summed E-state index contributed by atoms with van der Waals surface area (Å²) in [6.45, 7) is 13.6. The lowest BCUT2D eigenvalue weighted by Crippen LogP contribution is -2.50. The predicted molar refractivity (Wildman–Crippen MR) is 77.4 cm³/mol. The second-order valence-corrected chi connectivity index (χ2v) is 4.50. The third kappa shape index (κ3) is 5.83. The molecule has 0 radical (unpaired) electrons. The van der Waals surface area contributed by atoms with Crippen LogP contribution in [0.25, 0.3) is 0 Å². The first-order valence-electron chi connectivity index (χ1n) is 7.48. The first-order valence-corrected chi connectivity index (χ1v) is 7.48. The molecule has 4 nitrogen and oxygen atoms in total. The monoisotopic (exact) mass is 257 g/mol. The fourth-order valence-electron chi connectivity index (χ4n) is 2.24. The van der Waals surface area contributed by atoms with Crippen LogP contribution in [0.5, 0.6) is 0 Å². The van der Waals surface area contributed by atoms with E-state index < -0.39 is 0 Å². The van der Waals surface area contributed by atoms with Crippen molar-refractivity contribution in [3.05, 3.63) is 0 Å². The quantitative estimate of drug-likeness (QED) is 0.804. The number of piperidine rings is 1. The highest BCUT2D eigenvalue weighted by Gasteiger charge is 2.26. The molecule has 2 saturated heterocycles. The zero-order chi connectivity index (χ0) is 14.0. The van der Waals surface area contributed by atoms with Gasteiger partial charge in [-0.1, -0.05) is 27.7 Å². The van der Waals surface area contributed by atoms with Crippen LogP contribution in [0.3, 0.4) is 0 Å². The van der Waals surface area contributed by atoms with Crippen molar-refractivity contribution < 1.29 is 4.79 Å². The second kappa shape index (κ2) is 10.3. The lowest BCUT2D eigenvalue weighted by atomic mass is 9.94. The maximum absolute atomic E-state index is 10.9. The van der Waals surface area contributed by atoms with Gasteiger partial charge >= 0.3 is 0 Å². The number of hydrogen-bond acceptors (Lipinski definition) is 3. The Hall–Kier alpha value is -0.610. The number of carbonyl (C=O) groups excluding carboxylic acids is 1. The van der Waals surface area contributed by atoms with Gasteiger partial charge in [0.2, 0.25) is 5.91 Å². The van der Waals surface area contributed by atoms with E-state index in [1.165, 1.54) is 6.54 Å². The van der Waals surface area contributed by atoms with Crippen molar-refractivity contribution >= 4 is 5.91 Å². The number of carbonyl (C=O) groups is 1. The third-order valence-corrected chi connectivity index (χ3v) is 3.37.